The predicted molar refractivity (Wildman–Crippen MR) is 41.9 cm³/mol. The molecule has 0 aliphatic carbocycles. The minimum Gasteiger partial charge on any atom is -0.396 e. The molecule has 1 aliphatic heterocycles. The Morgan fingerprint density at radius 2 is 2.40 bits per heavy atom. The van der Waals surface area contributed by atoms with E-state index in [1.165, 1.54) is 12.8 Å². The molecule has 60 valence electrons. The lowest BCUT2D eigenvalue weighted by Gasteiger charge is -2.05. The lowest BCUT2D eigenvalue weighted by molar-refractivity contribution is 0.273. The molecule has 2 N–H and O–H groups in total. The summed E-state index contributed by atoms with van der Waals surface area (Å²) in [5, 5.41) is 12.0. The number of aliphatic hydroxyl groups excluding tert-OH is 1. The van der Waals surface area contributed by atoms with Crippen LogP contribution in [0, 0.1) is 5.92 Å². The van der Waals surface area contributed by atoms with Gasteiger partial charge in [-0.1, -0.05) is 0 Å². The zero-order valence-electron chi connectivity index (χ0n) is 6.64. The first kappa shape index (κ1) is 8.02. The minimum absolute atomic E-state index is 0.352. The fourth-order valence-electron chi connectivity index (χ4n) is 1.63. The third-order valence-corrected chi connectivity index (χ3v) is 2.21. The third kappa shape index (κ3) is 2.27. The molecule has 0 amide bonds. The lowest BCUT2D eigenvalue weighted by atomic mass is 10.0. The van der Waals surface area contributed by atoms with E-state index in [1.807, 2.05) is 0 Å². The van der Waals surface area contributed by atoms with Crippen LogP contribution in [-0.2, 0) is 0 Å². The fourth-order valence-corrected chi connectivity index (χ4v) is 1.63. The second-order valence-electron chi connectivity index (χ2n) is 3.28. The van der Waals surface area contributed by atoms with E-state index in [4.69, 9.17) is 5.11 Å². The van der Waals surface area contributed by atoms with Crippen LogP contribution in [0.5, 0.6) is 0 Å². The van der Waals surface area contributed by atoms with Gasteiger partial charge in [-0.3, -0.25) is 0 Å². The molecule has 0 bridgehead atoms. The molecule has 1 fully saturated rings. The summed E-state index contributed by atoms with van der Waals surface area (Å²) in [6.07, 6.45) is 3.45. The smallest absolute Gasteiger partial charge is 0.0431 e. The van der Waals surface area contributed by atoms with E-state index in [1.54, 1.807) is 0 Å². The number of hydrogen-bond acceptors (Lipinski definition) is 2. The summed E-state index contributed by atoms with van der Waals surface area (Å²) >= 11 is 0. The van der Waals surface area contributed by atoms with Gasteiger partial charge in [0, 0.05) is 12.6 Å². The molecule has 2 heteroatoms. The molecule has 2 atom stereocenters. The highest BCUT2D eigenvalue weighted by molar-refractivity contribution is 4.77. The van der Waals surface area contributed by atoms with E-state index in [0.717, 1.165) is 18.9 Å². The number of aliphatic hydroxyl groups is 1. The summed E-state index contributed by atoms with van der Waals surface area (Å²) in [6, 6.07) is 0.698. The van der Waals surface area contributed by atoms with Crippen molar-refractivity contribution in [1.82, 2.24) is 5.32 Å². The molecular weight excluding hydrogens is 126 g/mol. The van der Waals surface area contributed by atoms with E-state index in [9.17, 15) is 0 Å². The number of hydrogen-bond donors (Lipinski definition) is 2. The maximum atomic E-state index is 8.57. The Kier molecular flexibility index (Phi) is 3.16. The van der Waals surface area contributed by atoms with E-state index < -0.39 is 0 Å². The van der Waals surface area contributed by atoms with Crippen LogP contribution >= 0.6 is 0 Å². The normalized spacial score (nSPS) is 33.0. The topological polar surface area (TPSA) is 32.3 Å². The molecule has 1 saturated heterocycles. The van der Waals surface area contributed by atoms with Crippen molar-refractivity contribution >= 4 is 0 Å². The Hall–Kier alpha value is -0.0800. The van der Waals surface area contributed by atoms with Gasteiger partial charge in [0.15, 0.2) is 0 Å². The second kappa shape index (κ2) is 3.94. The van der Waals surface area contributed by atoms with Crippen LogP contribution in [0.15, 0.2) is 0 Å². The van der Waals surface area contributed by atoms with Gasteiger partial charge in [-0.05, 0) is 38.6 Å². The highest BCUT2D eigenvalue weighted by Gasteiger charge is 2.19. The van der Waals surface area contributed by atoms with Crippen molar-refractivity contribution in [3.05, 3.63) is 0 Å². The summed E-state index contributed by atoms with van der Waals surface area (Å²) in [7, 11) is 0. The Morgan fingerprint density at radius 3 is 2.90 bits per heavy atom. The van der Waals surface area contributed by atoms with Crippen molar-refractivity contribution in [1.29, 1.82) is 0 Å². The van der Waals surface area contributed by atoms with Crippen molar-refractivity contribution in [3.63, 3.8) is 0 Å². The quantitative estimate of drug-likeness (QED) is 0.611. The van der Waals surface area contributed by atoms with Gasteiger partial charge in [-0.25, -0.2) is 0 Å². The zero-order chi connectivity index (χ0) is 7.40. The summed E-state index contributed by atoms with van der Waals surface area (Å²) in [6.45, 7) is 3.73. The number of rotatable bonds is 3. The first-order chi connectivity index (χ1) is 4.83. The molecule has 1 aliphatic rings. The molecule has 1 heterocycles. The van der Waals surface area contributed by atoms with Gasteiger partial charge < -0.3 is 10.4 Å². The van der Waals surface area contributed by atoms with Crippen molar-refractivity contribution in [2.24, 2.45) is 5.92 Å². The number of nitrogens with one attached hydrogen (secondary N) is 1. The molecule has 0 spiro atoms. The molecule has 10 heavy (non-hydrogen) atoms. The van der Waals surface area contributed by atoms with Gasteiger partial charge in [0.1, 0.15) is 0 Å². The van der Waals surface area contributed by atoms with Crippen molar-refractivity contribution in [3.8, 4) is 0 Å². The SMILES string of the molecule is C[C@@H]1CC(CCCO)CN1. The van der Waals surface area contributed by atoms with Gasteiger partial charge in [0.2, 0.25) is 0 Å². The van der Waals surface area contributed by atoms with E-state index in [-0.39, 0.29) is 0 Å². The van der Waals surface area contributed by atoms with Crippen molar-refractivity contribution in [2.75, 3.05) is 13.2 Å². The average molecular weight is 143 g/mol. The molecule has 1 rings (SSSR count). The second-order valence-corrected chi connectivity index (χ2v) is 3.28. The Balaban J connectivity index is 2.06. The van der Waals surface area contributed by atoms with Crippen LogP contribution < -0.4 is 5.32 Å². The van der Waals surface area contributed by atoms with Crippen LogP contribution in [0.25, 0.3) is 0 Å². The average Bonchev–Trinajstić information content (AvgIpc) is 2.31. The van der Waals surface area contributed by atoms with Gasteiger partial charge in [-0.2, -0.15) is 0 Å². The van der Waals surface area contributed by atoms with E-state index in [2.05, 4.69) is 12.2 Å². The monoisotopic (exact) mass is 143 g/mol. The van der Waals surface area contributed by atoms with Gasteiger partial charge in [0.05, 0.1) is 0 Å². The zero-order valence-corrected chi connectivity index (χ0v) is 6.64. The van der Waals surface area contributed by atoms with Gasteiger partial charge in [-0.15, -0.1) is 0 Å². The van der Waals surface area contributed by atoms with Crippen LogP contribution in [0.4, 0.5) is 0 Å². The first-order valence-corrected chi connectivity index (χ1v) is 4.17. The van der Waals surface area contributed by atoms with Crippen LogP contribution in [0.1, 0.15) is 26.2 Å². The van der Waals surface area contributed by atoms with Crippen molar-refractivity contribution in [2.45, 2.75) is 32.2 Å². The van der Waals surface area contributed by atoms with Crippen LogP contribution in [0.2, 0.25) is 0 Å². The van der Waals surface area contributed by atoms with E-state index in [0.29, 0.717) is 12.6 Å². The Labute approximate surface area is 62.6 Å². The van der Waals surface area contributed by atoms with Crippen LogP contribution in [-0.4, -0.2) is 24.3 Å². The van der Waals surface area contributed by atoms with E-state index >= 15 is 0 Å². The molecule has 2 nitrogen and oxygen atoms in total. The highest BCUT2D eigenvalue weighted by Crippen LogP contribution is 2.17. The predicted octanol–water partition coefficient (Wildman–Crippen LogP) is 0.757. The Bertz CT molecular complexity index is 95.3. The summed E-state index contributed by atoms with van der Waals surface area (Å²) < 4.78 is 0. The third-order valence-electron chi connectivity index (χ3n) is 2.21. The maximum Gasteiger partial charge on any atom is 0.0431 e. The van der Waals surface area contributed by atoms with Crippen molar-refractivity contribution < 1.29 is 5.11 Å². The summed E-state index contributed by atoms with van der Waals surface area (Å²) in [5.74, 6) is 0.821. The van der Waals surface area contributed by atoms with Gasteiger partial charge in [0.25, 0.3) is 0 Å². The molecule has 0 aromatic carbocycles. The summed E-state index contributed by atoms with van der Waals surface area (Å²) in [4.78, 5) is 0. The maximum absolute atomic E-state index is 8.57. The molecule has 0 radical (unpaired) electrons. The molecule has 0 aromatic rings. The molecule has 1 unspecified atom stereocenters. The standard InChI is InChI=1S/C8H17NO/c1-7-5-8(6-9-7)3-2-4-10/h7-10H,2-6H2,1H3/t7-,8?/m1/s1. The van der Waals surface area contributed by atoms with Gasteiger partial charge >= 0.3 is 0 Å². The molecular formula is C8H17NO. The van der Waals surface area contributed by atoms with Crippen LogP contribution in [0.3, 0.4) is 0 Å². The largest absolute Gasteiger partial charge is 0.396 e. The molecule has 0 saturated carbocycles. The first-order valence-electron chi connectivity index (χ1n) is 4.17. The Morgan fingerprint density at radius 1 is 1.60 bits per heavy atom. The highest BCUT2D eigenvalue weighted by atomic mass is 16.2. The fraction of sp³-hybridized carbons (Fsp3) is 1.00. The summed E-state index contributed by atoms with van der Waals surface area (Å²) in [5.41, 5.74) is 0. The lowest BCUT2D eigenvalue weighted by Crippen LogP contribution is -2.16. The molecule has 0 aromatic heterocycles. The minimum atomic E-state index is 0.352.